The quantitative estimate of drug-likeness (QED) is 0.790. The molecule has 1 saturated heterocycles. The summed E-state index contributed by atoms with van der Waals surface area (Å²) in [6.07, 6.45) is 1.13. The number of benzene rings is 1. The lowest BCUT2D eigenvalue weighted by molar-refractivity contribution is 0.0690. The van der Waals surface area contributed by atoms with Crippen molar-refractivity contribution in [2.45, 2.75) is 22.9 Å². The molecule has 3 heterocycles. The minimum absolute atomic E-state index is 0.183. The van der Waals surface area contributed by atoms with Crippen LogP contribution in [0, 0.1) is 0 Å². The number of carbonyl (C=O) groups is 1. The van der Waals surface area contributed by atoms with Gasteiger partial charge in [-0.15, -0.1) is 11.8 Å². The highest BCUT2D eigenvalue weighted by Gasteiger charge is 2.34. The van der Waals surface area contributed by atoms with Gasteiger partial charge in [0.2, 0.25) is 0 Å². The first-order valence-corrected chi connectivity index (χ1v) is 9.81. The molecule has 0 radical (unpaired) electrons. The monoisotopic (exact) mass is 364 g/mol. The maximum atomic E-state index is 11.8. The van der Waals surface area contributed by atoms with Gasteiger partial charge >= 0.3 is 13.1 Å². The van der Waals surface area contributed by atoms with Crippen molar-refractivity contribution in [1.82, 2.24) is 4.90 Å². The number of hydrogen-bond donors (Lipinski definition) is 2. The van der Waals surface area contributed by atoms with E-state index in [-0.39, 0.29) is 5.56 Å². The van der Waals surface area contributed by atoms with E-state index >= 15 is 0 Å². The molecule has 0 unspecified atom stereocenters. The number of rotatable bonds is 3. The molecule has 0 aromatic heterocycles. The first-order valence-electron chi connectivity index (χ1n) is 7.94. The van der Waals surface area contributed by atoms with Crippen LogP contribution in [0.3, 0.4) is 0 Å². The Labute approximate surface area is 148 Å². The number of carboxylic acids is 1. The van der Waals surface area contributed by atoms with Crippen LogP contribution in [-0.2, 0) is 6.42 Å². The van der Waals surface area contributed by atoms with Crippen LogP contribution in [0.1, 0.15) is 15.9 Å². The van der Waals surface area contributed by atoms with Crippen molar-refractivity contribution >= 4 is 41.8 Å². The Morgan fingerprint density at radius 3 is 3.00 bits per heavy atom. The number of nitrogens with zero attached hydrogens (tertiary/aromatic N) is 2. The first-order chi connectivity index (χ1) is 11.6. The number of aryl methyl sites for hydroxylation is 1. The van der Waals surface area contributed by atoms with Crippen LogP contribution in [0.25, 0.3) is 0 Å². The summed E-state index contributed by atoms with van der Waals surface area (Å²) in [6.45, 7) is 2.66. The molecule has 2 N–H and O–H groups in total. The van der Waals surface area contributed by atoms with Crippen LogP contribution in [0.5, 0.6) is 5.75 Å². The minimum atomic E-state index is -1.00. The van der Waals surface area contributed by atoms with E-state index in [9.17, 15) is 14.9 Å². The van der Waals surface area contributed by atoms with Gasteiger partial charge in [0, 0.05) is 29.0 Å². The molecule has 3 aliphatic heterocycles. The molecule has 1 aromatic rings. The number of carboxylic acid groups (broad SMARTS) is 1. The van der Waals surface area contributed by atoms with Gasteiger partial charge in [-0.25, -0.2) is 4.79 Å². The maximum Gasteiger partial charge on any atom is 0.522 e. The van der Waals surface area contributed by atoms with Gasteiger partial charge in [0.1, 0.15) is 11.3 Å². The van der Waals surface area contributed by atoms with E-state index in [1.165, 1.54) is 0 Å². The van der Waals surface area contributed by atoms with Gasteiger partial charge in [0.15, 0.2) is 5.17 Å². The van der Waals surface area contributed by atoms with E-state index in [0.29, 0.717) is 28.6 Å². The Hall–Kier alpha value is -1.32. The third-order valence-corrected chi connectivity index (χ3v) is 6.57. The number of amidine groups is 1. The van der Waals surface area contributed by atoms with Crippen LogP contribution in [0.15, 0.2) is 22.0 Å². The van der Waals surface area contributed by atoms with Gasteiger partial charge in [-0.2, -0.15) is 0 Å². The number of thioether (sulfide) groups is 2. The molecule has 0 atom stereocenters. The summed E-state index contributed by atoms with van der Waals surface area (Å²) in [5.41, 5.74) is 1.04. The predicted molar refractivity (Wildman–Crippen MR) is 96.5 cm³/mol. The van der Waals surface area contributed by atoms with Crippen molar-refractivity contribution in [1.29, 1.82) is 0 Å². The summed E-state index contributed by atoms with van der Waals surface area (Å²) >= 11 is 3.36. The van der Waals surface area contributed by atoms with Crippen LogP contribution in [0.2, 0.25) is 6.32 Å². The second-order valence-corrected chi connectivity index (χ2v) is 8.41. The summed E-state index contributed by atoms with van der Waals surface area (Å²) < 4.78 is 5.43. The van der Waals surface area contributed by atoms with Gasteiger partial charge in [-0.05, 0) is 24.4 Å². The van der Waals surface area contributed by atoms with Crippen molar-refractivity contribution in [3.63, 3.8) is 0 Å². The van der Waals surface area contributed by atoms with E-state index in [0.717, 1.165) is 36.1 Å². The third-order valence-electron chi connectivity index (χ3n) is 4.31. The predicted octanol–water partition coefficient (Wildman–Crippen LogP) is 1.68. The molecular formula is C15H17BN2O4S2. The van der Waals surface area contributed by atoms with Gasteiger partial charge in [-0.3, -0.25) is 4.99 Å². The molecule has 126 valence electrons. The molecule has 1 fully saturated rings. The van der Waals surface area contributed by atoms with Crippen LogP contribution < -0.4 is 4.65 Å². The number of aliphatic imine (C=N–C) groups is 1. The van der Waals surface area contributed by atoms with E-state index in [4.69, 9.17) is 4.65 Å². The third kappa shape index (κ3) is 3.00. The van der Waals surface area contributed by atoms with Crippen molar-refractivity contribution in [3.05, 3.63) is 23.3 Å². The normalized spacial score (nSPS) is 20.3. The second-order valence-electron chi connectivity index (χ2n) is 6.00. The zero-order valence-electron chi connectivity index (χ0n) is 13.0. The van der Waals surface area contributed by atoms with Gasteiger partial charge < -0.3 is 19.7 Å². The van der Waals surface area contributed by atoms with E-state index in [1.807, 2.05) is 12.1 Å². The lowest BCUT2D eigenvalue weighted by atomic mass is 9.78. The molecule has 0 saturated carbocycles. The Kier molecular flexibility index (Phi) is 4.40. The van der Waals surface area contributed by atoms with Crippen molar-refractivity contribution in [3.8, 4) is 5.75 Å². The van der Waals surface area contributed by atoms with Crippen molar-refractivity contribution in [2.75, 3.05) is 25.4 Å². The van der Waals surface area contributed by atoms with Crippen molar-refractivity contribution < 1.29 is 19.6 Å². The van der Waals surface area contributed by atoms with Gasteiger partial charge in [0.05, 0.1) is 6.54 Å². The van der Waals surface area contributed by atoms with Crippen molar-refractivity contribution in [2.24, 2.45) is 4.99 Å². The molecule has 0 spiro atoms. The topological polar surface area (TPSA) is 82.4 Å². The van der Waals surface area contributed by atoms with E-state index < -0.39 is 13.1 Å². The Morgan fingerprint density at radius 1 is 1.46 bits per heavy atom. The average molecular weight is 364 g/mol. The molecule has 0 amide bonds. The lowest BCUT2D eigenvalue weighted by Gasteiger charge is -2.40. The fraction of sp³-hybridized carbons (Fsp3) is 0.467. The molecule has 0 aliphatic carbocycles. The summed E-state index contributed by atoms with van der Waals surface area (Å²) in [6, 6.07) is 3.79. The largest absolute Gasteiger partial charge is 0.535 e. The zero-order valence-corrected chi connectivity index (χ0v) is 14.6. The fourth-order valence-electron chi connectivity index (χ4n) is 3.08. The molecule has 0 bridgehead atoms. The van der Waals surface area contributed by atoms with E-state index in [1.54, 1.807) is 23.5 Å². The molecule has 24 heavy (non-hydrogen) atoms. The molecule has 9 heteroatoms. The highest BCUT2D eigenvalue weighted by molar-refractivity contribution is 8.14. The summed E-state index contributed by atoms with van der Waals surface area (Å²) in [5.74, 6) is 0.380. The minimum Gasteiger partial charge on any atom is -0.535 e. The maximum absolute atomic E-state index is 11.8. The Bertz CT molecular complexity index is 709. The second kappa shape index (κ2) is 6.53. The fourth-order valence-corrected chi connectivity index (χ4v) is 5.27. The summed E-state index contributed by atoms with van der Waals surface area (Å²) in [7, 11) is -0.924. The molecular weight excluding hydrogens is 347 g/mol. The smallest absolute Gasteiger partial charge is 0.522 e. The first kappa shape index (κ1) is 16.2. The number of fused-ring (bicyclic) bond motifs is 1. The summed E-state index contributed by atoms with van der Waals surface area (Å²) in [5, 5.41) is 20.8. The van der Waals surface area contributed by atoms with E-state index in [2.05, 4.69) is 9.89 Å². The van der Waals surface area contributed by atoms with Gasteiger partial charge in [-0.1, -0.05) is 17.8 Å². The Balaban J connectivity index is 1.51. The highest BCUT2D eigenvalue weighted by atomic mass is 32.2. The van der Waals surface area contributed by atoms with Crippen LogP contribution in [0.4, 0.5) is 0 Å². The number of aromatic carboxylic acids is 1. The SMILES string of the molecule is O=C(O)c1c(SC2CN(C3=NCCS3)C2)ccc2c1OB(O)CC2. The highest BCUT2D eigenvalue weighted by Crippen LogP contribution is 2.40. The number of hydrogen-bond acceptors (Lipinski definition) is 7. The zero-order chi connectivity index (χ0) is 16.7. The average Bonchev–Trinajstić information content (AvgIpc) is 3.03. The molecule has 1 aromatic carbocycles. The van der Waals surface area contributed by atoms with Gasteiger partial charge in [0.25, 0.3) is 0 Å². The van der Waals surface area contributed by atoms with Crippen LogP contribution in [-0.4, -0.2) is 63.9 Å². The molecule has 3 aliphatic rings. The Morgan fingerprint density at radius 2 is 2.29 bits per heavy atom. The molecule has 4 rings (SSSR count). The van der Waals surface area contributed by atoms with Crippen LogP contribution >= 0.6 is 23.5 Å². The lowest BCUT2D eigenvalue weighted by Crippen LogP contribution is -2.50. The molecule has 6 nitrogen and oxygen atoms in total. The number of likely N-dealkylation sites (tertiary alicyclic amines) is 1. The standard InChI is InChI=1S/C15H17BN2O4S2/c19-14(20)12-11(2-1-9-3-4-16(21)22-13(9)12)24-10-7-18(8-10)15-17-5-6-23-15/h1-2,10,21H,3-8H2,(H,19,20). The summed E-state index contributed by atoms with van der Waals surface area (Å²) in [4.78, 5) is 19.2.